The second-order valence-corrected chi connectivity index (χ2v) is 4.59. The largest absolute Gasteiger partial charge is 0.295 e. The Kier molecular flexibility index (Phi) is 2.02. The fraction of sp³-hybridized carbons (Fsp3) is 0.667. The van der Waals surface area contributed by atoms with E-state index in [-0.39, 0.29) is 11.8 Å². The zero-order valence-electron chi connectivity index (χ0n) is 8.37. The van der Waals surface area contributed by atoms with Crippen molar-refractivity contribution in [1.82, 2.24) is 15.2 Å². The van der Waals surface area contributed by atoms with E-state index in [4.69, 9.17) is 0 Å². The number of H-pyrrole nitrogens is 1. The lowest BCUT2D eigenvalue weighted by Gasteiger charge is -2.41. The van der Waals surface area contributed by atoms with Gasteiger partial charge in [0.15, 0.2) is 0 Å². The minimum Gasteiger partial charge on any atom is -0.295 e. The summed E-state index contributed by atoms with van der Waals surface area (Å²) in [6.45, 7) is 4.34. The van der Waals surface area contributed by atoms with Crippen molar-refractivity contribution >= 4 is 11.9 Å². The van der Waals surface area contributed by atoms with Gasteiger partial charge in [-0.3, -0.25) is 10.1 Å². The van der Waals surface area contributed by atoms with Gasteiger partial charge in [-0.25, -0.2) is 5.10 Å². The molecule has 0 saturated heterocycles. The van der Waals surface area contributed by atoms with E-state index in [1.807, 2.05) is 0 Å². The summed E-state index contributed by atoms with van der Waals surface area (Å²) in [6, 6.07) is 0. The molecular weight excluding hydrogens is 180 g/mol. The first kappa shape index (κ1) is 9.18. The van der Waals surface area contributed by atoms with Crippen LogP contribution in [0, 0.1) is 11.3 Å². The number of carbonyl (C=O) groups is 1. The first-order valence-electron chi connectivity index (χ1n) is 4.73. The highest BCUT2D eigenvalue weighted by molar-refractivity contribution is 5.91. The van der Waals surface area contributed by atoms with E-state index in [9.17, 15) is 4.79 Å². The lowest BCUT2D eigenvalue weighted by atomic mass is 9.64. The zero-order valence-corrected chi connectivity index (χ0v) is 8.37. The van der Waals surface area contributed by atoms with Crippen molar-refractivity contribution < 1.29 is 4.79 Å². The van der Waals surface area contributed by atoms with Crippen molar-refractivity contribution in [2.75, 3.05) is 5.32 Å². The molecule has 0 bridgehead atoms. The summed E-state index contributed by atoms with van der Waals surface area (Å²) in [5.41, 5.74) is 0.323. The molecule has 1 aromatic rings. The molecule has 1 aromatic heterocycles. The first-order chi connectivity index (χ1) is 6.57. The lowest BCUT2D eigenvalue weighted by molar-refractivity contribution is -0.126. The summed E-state index contributed by atoms with van der Waals surface area (Å²) in [5.74, 6) is 0.607. The van der Waals surface area contributed by atoms with E-state index < -0.39 is 0 Å². The number of hydrogen-bond donors (Lipinski definition) is 2. The van der Waals surface area contributed by atoms with Crippen LogP contribution in [-0.4, -0.2) is 21.1 Å². The number of anilines is 1. The third kappa shape index (κ3) is 1.76. The third-order valence-electron chi connectivity index (χ3n) is 2.63. The molecule has 0 aromatic carbocycles. The van der Waals surface area contributed by atoms with Gasteiger partial charge in [0, 0.05) is 5.92 Å². The van der Waals surface area contributed by atoms with E-state index in [1.54, 1.807) is 0 Å². The van der Waals surface area contributed by atoms with Crippen LogP contribution in [0.3, 0.4) is 0 Å². The number of hydrogen-bond acceptors (Lipinski definition) is 3. The maximum absolute atomic E-state index is 11.6. The molecule has 2 rings (SSSR count). The van der Waals surface area contributed by atoms with Gasteiger partial charge in [-0.2, -0.15) is 10.1 Å². The van der Waals surface area contributed by atoms with Crippen LogP contribution in [0.1, 0.15) is 26.7 Å². The molecule has 1 amide bonds. The normalized spacial score (nSPS) is 20.1. The molecular formula is C9H14N4O. The van der Waals surface area contributed by atoms with Gasteiger partial charge in [-0.1, -0.05) is 13.8 Å². The van der Waals surface area contributed by atoms with E-state index >= 15 is 0 Å². The fourth-order valence-corrected chi connectivity index (χ4v) is 1.94. The second-order valence-electron chi connectivity index (χ2n) is 4.59. The first-order valence-corrected chi connectivity index (χ1v) is 4.73. The molecule has 1 saturated carbocycles. The number of amides is 1. The van der Waals surface area contributed by atoms with Crippen LogP contribution in [0.15, 0.2) is 6.33 Å². The Morgan fingerprint density at radius 3 is 2.86 bits per heavy atom. The molecule has 0 unspecified atom stereocenters. The summed E-state index contributed by atoms with van der Waals surface area (Å²) in [7, 11) is 0. The predicted molar refractivity (Wildman–Crippen MR) is 51.5 cm³/mol. The quantitative estimate of drug-likeness (QED) is 0.742. The number of aromatic amines is 1. The standard InChI is InChI=1S/C9H14N4O/c1-9(2)3-6(4-9)7(14)12-8-10-5-11-13-8/h5-6H,3-4H2,1-2H3,(H2,10,11,12,13,14). The Labute approximate surface area is 82.3 Å². The Balaban J connectivity index is 1.86. The maximum Gasteiger partial charge on any atom is 0.229 e. The number of nitrogens with one attached hydrogen (secondary N) is 2. The molecule has 76 valence electrons. The molecule has 14 heavy (non-hydrogen) atoms. The molecule has 2 N–H and O–H groups in total. The highest BCUT2D eigenvalue weighted by Gasteiger charge is 2.40. The van der Waals surface area contributed by atoms with Crippen molar-refractivity contribution in [1.29, 1.82) is 0 Å². The minimum atomic E-state index is 0.0427. The Bertz CT molecular complexity index is 323. The van der Waals surface area contributed by atoms with Gasteiger partial charge in [0.05, 0.1) is 0 Å². The number of nitrogens with zero attached hydrogens (tertiary/aromatic N) is 2. The summed E-state index contributed by atoms with van der Waals surface area (Å²) >= 11 is 0. The monoisotopic (exact) mass is 194 g/mol. The topological polar surface area (TPSA) is 70.7 Å². The van der Waals surface area contributed by atoms with Gasteiger partial charge in [0.1, 0.15) is 6.33 Å². The molecule has 1 heterocycles. The van der Waals surface area contributed by atoms with Crippen molar-refractivity contribution in [3.05, 3.63) is 6.33 Å². The number of aromatic nitrogens is 3. The molecule has 5 heteroatoms. The van der Waals surface area contributed by atoms with Gasteiger partial charge in [-0.15, -0.1) is 0 Å². The molecule has 1 aliphatic rings. The highest BCUT2D eigenvalue weighted by Crippen LogP contribution is 2.44. The predicted octanol–water partition coefficient (Wildman–Crippen LogP) is 1.18. The van der Waals surface area contributed by atoms with Crippen LogP contribution in [0.5, 0.6) is 0 Å². The summed E-state index contributed by atoms with van der Waals surface area (Å²) in [5, 5.41) is 8.95. The van der Waals surface area contributed by atoms with E-state index in [0.717, 1.165) is 12.8 Å². The van der Waals surface area contributed by atoms with Crippen LogP contribution in [0.25, 0.3) is 0 Å². The van der Waals surface area contributed by atoms with Gasteiger partial charge in [-0.05, 0) is 18.3 Å². The Hall–Kier alpha value is -1.39. The minimum absolute atomic E-state index is 0.0427. The van der Waals surface area contributed by atoms with Gasteiger partial charge >= 0.3 is 0 Å². The summed E-state index contributed by atoms with van der Waals surface area (Å²) < 4.78 is 0. The molecule has 1 fully saturated rings. The average Bonchev–Trinajstić information content (AvgIpc) is 2.52. The third-order valence-corrected chi connectivity index (χ3v) is 2.63. The van der Waals surface area contributed by atoms with E-state index in [1.165, 1.54) is 6.33 Å². The van der Waals surface area contributed by atoms with Crippen molar-refractivity contribution in [3.63, 3.8) is 0 Å². The van der Waals surface area contributed by atoms with E-state index in [0.29, 0.717) is 11.4 Å². The van der Waals surface area contributed by atoms with Crippen LogP contribution < -0.4 is 5.32 Å². The molecule has 0 aliphatic heterocycles. The van der Waals surface area contributed by atoms with Gasteiger partial charge in [0.25, 0.3) is 0 Å². The van der Waals surface area contributed by atoms with Crippen LogP contribution in [-0.2, 0) is 4.79 Å². The highest BCUT2D eigenvalue weighted by atomic mass is 16.2. The van der Waals surface area contributed by atoms with Crippen molar-refractivity contribution in [3.8, 4) is 0 Å². The van der Waals surface area contributed by atoms with Crippen LogP contribution in [0.2, 0.25) is 0 Å². The molecule has 0 spiro atoms. The average molecular weight is 194 g/mol. The lowest BCUT2D eigenvalue weighted by Crippen LogP contribution is -2.39. The second kappa shape index (κ2) is 3.08. The smallest absolute Gasteiger partial charge is 0.229 e. The SMILES string of the molecule is CC1(C)CC(C(=O)Nc2ncn[nH]2)C1. The molecule has 0 radical (unpaired) electrons. The fourth-order valence-electron chi connectivity index (χ4n) is 1.94. The van der Waals surface area contributed by atoms with E-state index in [2.05, 4.69) is 34.3 Å². The number of carbonyl (C=O) groups excluding carboxylic acids is 1. The van der Waals surface area contributed by atoms with Gasteiger partial charge < -0.3 is 0 Å². The van der Waals surface area contributed by atoms with Crippen molar-refractivity contribution in [2.45, 2.75) is 26.7 Å². The zero-order chi connectivity index (χ0) is 10.2. The Morgan fingerprint density at radius 1 is 1.64 bits per heavy atom. The number of rotatable bonds is 2. The van der Waals surface area contributed by atoms with Crippen molar-refractivity contribution in [2.24, 2.45) is 11.3 Å². The molecule has 0 atom stereocenters. The summed E-state index contributed by atoms with van der Waals surface area (Å²) in [6.07, 6.45) is 3.28. The van der Waals surface area contributed by atoms with Gasteiger partial charge in [0.2, 0.25) is 11.9 Å². The Morgan fingerprint density at radius 2 is 2.36 bits per heavy atom. The molecule has 5 nitrogen and oxygen atoms in total. The summed E-state index contributed by atoms with van der Waals surface area (Å²) in [4.78, 5) is 15.4. The maximum atomic E-state index is 11.6. The van der Waals surface area contributed by atoms with Crippen LogP contribution in [0.4, 0.5) is 5.95 Å². The molecule has 1 aliphatic carbocycles. The van der Waals surface area contributed by atoms with Crippen LogP contribution >= 0.6 is 0 Å².